The number of sulfonamides is 1. The molecule has 0 aliphatic carbocycles. The molecule has 0 saturated carbocycles. The van der Waals surface area contributed by atoms with Gasteiger partial charge in [-0.1, -0.05) is 55.0 Å². The molecule has 1 aliphatic heterocycles. The molecule has 1 aliphatic rings. The average Bonchev–Trinajstić information content (AvgIpc) is 2.91. The summed E-state index contributed by atoms with van der Waals surface area (Å²) in [7, 11) is -3.45. The van der Waals surface area contributed by atoms with Gasteiger partial charge in [0.1, 0.15) is 0 Å². The topological polar surface area (TPSA) is 37.4 Å². The summed E-state index contributed by atoms with van der Waals surface area (Å²) < 4.78 is 27.7. The summed E-state index contributed by atoms with van der Waals surface area (Å²) >= 11 is 0. The van der Waals surface area contributed by atoms with Crippen LogP contribution in [0, 0.1) is 12.8 Å². The molecule has 2 atom stereocenters. The second-order valence-electron chi connectivity index (χ2n) is 6.05. The van der Waals surface area contributed by atoms with Gasteiger partial charge in [0.25, 0.3) is 0 Å². The van der Waals surface area contributed by atoms with Crippen LogP contribution in [0.1, 0.15) is 30.5 Å². The fraction of sp³-hybridized carbons (Fsp3) is 0.333. The van der Waals surface area contributed by atoms with Crippen LogP contribution in [0.4, 0.5) is 0 Å². The molecule has 2 aromatic carbocycles. The summed E-state index contributed by atoms with van der Waals surface area (Å²) in [6.45, 7) is 4.67. The normalized spacial score (nSPS) is 22.8. The Bertz CT molecular complexity index is 738. The van der Waals surface area contributed by atoms with E-state index in [1.807, 2.05) is 49.4 Å². The van der Waals surface area contributed by atoms with Crippen molar-refractivity contribution in [2.75, 3.05) is 6.54 Å². The maximum Gasteiger partial charge on any atom is 0.243 e. The van der Waals surface area contributed by atoms with Gasteiger partial charge in [0.2, 0.25) is 10.0 Å². The summed E-state index contributed by atoms with van der Waals surface area (Å²) in [6.07, 6.45) is 0.894. The molecule has 3 rings (SSSR count). The van der Waals surface area contributed by atoms with Crippen molar-refractivity contribution in [1.82, 2.24) is 4.31 Å². The van der Waals surface area contributed by atoms with Gasteiger partial charge in [-0.15, -0.1) is 0 Å². The highest BCUT2D eigenvalue weighted by molar-refractivity contribution is 7.89. The molecule has 0 radical (unpaired) electrons. The maximum absolute atomic E-state index is 13.0. The van der Waals surface area contributed by atoms with Crippen molar-refractivity contribution in [2.24, 2.45) is 5.92 Å². The summed E-state index contributed by atoms with van der Waals surface area (Å²) in [5.74, 6) is 0.322. The third-order valence-electron chi connectivity index (χ3n) is 4.42. The Labute approximate surface area is 132 Å². The van der Waals surface area contributed by atoms with E-state index in [4.69, 9.17) is 0 Å². The Morgan fingerprint density at radius 1 is 1.00 bits per heavy atom. The standard InChI is InChI=1S/C18H21NO2S/c1-14-8-10-17(11-9-14)22(20,21)19-13-12-15(2)18(19)16-6-4-3-5-7-16/h3-11,15,18H,12-13H2,1-2H3/t15-,18+/m1/s1. The molecule has 2 aromatic rings. The number of hydrogen-bond donors (Lipinski definition) is 0. The zero-order chi connectivity index (χ0) is 15.7. The van der Waals surface area contributed by atoms with Crippen molar-refractivity contribution in [1.29, 1.82) is 0 Å². The summed E-state index contributed by atoms with van der Waals surface area (Å²) in [5.41, 5.74) is 2.14. The van der Waals surface area contributed by atoms with E-state index in [1.54, 1.807) is 16.4 Å². The van der Waals surface area contributed by atoms with Crippen LogP contribution in [0.2, 0.25) is 0 Å². The fourth-order valence-electron chi connectivity index (χ4n) is 3.17. The first kappa shape index (κ1) is 15.3. The van der Waals surface area contributed by atoms with E-state index in [9.17, 15) is 8.42 Å². The molecule has 3 nitrogen and oxygen atoms in total. The molecule has 0 amide bonds. The third kappa shape index (κ3) is 2.69. The highest BCUT2D eigenvalue weighted by Gasteiger charge is 2.40. The van der Waals surface area contributed by atoms with Crippen molar-refractivity contribution < 1.29 is 8.42 Å². The monoisotopic (exact) mass is 315 g/mol. The molecule has 0 unspecified atom stereocenters. The molecule has 1 saturated heterocycles. The lowest BCUT2D eigenvalue weighted by molar-refractivity contribution is 0.357. The van der Waals surface area contributed by atoms with Crippen LogP contribution in [-0.2, 0) is 10.0 Å². The first-order chi connectivity index (χ1) is 10.5. The second-order valence-corrected chi connectivity index (χ2v) is 7.94. The van der Waals surface area contributed by atoms with Crippen LogP contribution >= 0.6 is 0 Å². The van der Waals surface area contributed by atoms with Gasteiger partial charge in [0, 0.05) is 6.54 Å². The van der Waals surface area contributed by atoms with Gasteiger partial charge in [-0.2, -0.15) is 4.31 Å². The van der Waals surface area contributed by atoms with Crippen LogP contribution in [-0.4, -0.2) is 19.3 Å². The smallest absolute Gasteiger partial charge is 0.207 e. The minimum Gasteiger partial charge on any atom is -0.207 e. The second kappa shape index (κ2) is 5.86. The van der Waals surface area contributed by atoms with Crippen molar-refractivity contribution >= 4 is 10.0 Å². The molecular weight excluding hydrogens is 294 g/mol. The van der Waals surface area contributed by atoms with Gasteiger partial charge in [0.15, 0.2) is 0 Å². The lowest BCUT2D eigenvalue weighted by Gasteiger charge is -2.27. The Morgan fingerprint density at radius 3 is 2.27 bits per heavy atom. The lowest BCUT2D eigenvalue weighted by atomic mass is 9.96. The van der Waals surface area contributed by atoms with E-state index in [1.165, 1.54) is 0 Å². The average molecular weight is 315 g/mol. The Hall–Kier alpha value is -1.65. The first-order valence-electron chi connectivity index (χ1n) is 7.63. The van der Waals surface area contributed by atoms with E-state index in [0.717, 1.165) is 17.5 Å². The highest BCUT2D eigenvalue weighted by Crippen LogP contribution is 2.40. The molecule has 1 heterocycles. The summed E-state index contributed by atoms with van der Waals surface area (Å²) in [4.78, 5) is 0.383. The number of benzene rings is 2. The molecule has 116 valence electrons. The van der Waals surface area contributed by atoms with Gasteiger partial charge in [-0.25, -0.2) is 8.42 Å². The van der Waals surface area contributed by atoms with E-state index in [2.05, 4.69) is 6.92 Å². The maximum atomic E-state index is 13.0. The largest absolute Gasteiger partial charge is 0.243 e. The summed E-state index contributed by atoms with van der Waals surface area (Å²) in [6, 6.07) is 17.0. The molecule has 0 bridgehead atoms. The molecule has 1 fully saturated rings. The predicted molar refractivity (Wildman–Crippen MR) is 88.0 cm³/mol. The number of nitrogens with zero attached hydrogens (tertiary/aromatic N) is 1. The molecule has 0 spiro atoms. The molecule has 0 N–H and O–H groups in total. The van der Waals surface area contributed by atoms with Crippen molar-refractivity contribution in [2.45, 2.75) is 31.2 Å². The highest BCUT2D eigenvalue weighted by atomic mass is 32.2. The number of hydrogen-bond acceptors (Lipinski definition) is 2. The van der Waals surface area contributed by atoms with Crippen LogP contribution in [0.3, 0.4) is 0 Å². The van der Waals surface area contributed by atoms with Crippen LogP contribution in [0.15, 0.2) is 59.5 Å². The molecular formula is C18H21NO2S. The number of aryl methyl sites for hydroxylation is 1. The van der Waals surface area contributed by atoms with E-state index < -0.39 is 10.0 Å². The first-order valence-corrected chi connectivity index (χ1v) is 9.07. The lowest BCUT2D eigenvalue weighted by Crippen LogP contribution is -2.31. The van der Waals surface area contributed by atoms with Gasteiger partial charge in [0.05, 0.1) is 10.9 Å². The van der Waals surface area contributed by atoms with Gasteiger partial charge in [-0.3, -0.25) is 0 Å². The Balaban J connectivity index is 2.00. The minimum atomic E-state index is -3.45. The summed E-state index contributed by atoms with van der Waals surface area (Å²) in [5, 5.41) is 0. The van der Waals surface area contributed by atoms with Crippen LogP contribution in [0.5, 0.6) is 0 Å². The zero-order valence-corrected chi connectivity index (χ0v) is 13.8. The molecule has 4 heteroatoms. The number of rotatable bonds is 3. The van der Waals surface area contributed by atoms with Crippen molar-refractivity contribution in [3.8, 4) is 0 Å². The Morgan fingerprint density at radius 2 is 1.64 bits per heavy atom. The third-order valence-corrected chi connectivity index (χ3v) is 6.32. The minimum absolute atomic E-state index is 0.0764. The van der Waals surface area contributed by atoms with Gasteiger partial charge in [-0.05, 0) is 37.0 Å². The SMILES string of the molecule is Cc1ccc(S(=O)(=O)N2CC[C@@H](C)[C@H]2c2ccccc2)cc1. The fourth-order valence-corrected chi connectivity index (χ4v) is 4.90. The van der Waals surface area contributed by atoms with E-state index in [-0.39, 0.29) is 6.04 Å². The van der Waals surface area contributed by atoms with E-state index >= 15 is 0 Å². The van der Waals surface area contributed by atoms with E-state index in [0.29, 0.717) is 17.4 Å². The van der Waals surface area contributed by atoms with Crippen LogP contribution in [0.25, 0.3) is 0 Å². The van der Waals surface area contributed by atoms with Crippen molar-refractivity contribution in [3.05, 3.63) is 65.7 Å². The van der Waals surface area contributed by atoms with Gasteiger partial charge < -0.3 is 0 Å². The van der Waals surface area contributed by atoms with Crippen LogP contribution < -0.4 is 0 Å². The quantitative estimate of drug-likeness (QED) is 0.864. The Kier molecular flexibility index (Phi) is 4.06. The zero-order valence-electron chi connectivity index (χ0n) is 12.9. The molecule has 22 heavy (non-hydrogen) atoms. The molecule has 0 aromatic heterocycles. The van der Waals surface area contributed by atoms with Gasteiger partial charge >= 0.3 is 0 Å². The van der Waals surface area contributed by atoms with Crippen molar-refractivity contribution in [3.63, 3.8) is 0 Å². The predicted octanol–water partition coefficient (Wildman–Crippen LogP) is 3.77.